The van der Waals surface area contributed by atoms with Gasteiger partial charge in [-0.05, 0) is 24.7 Å². The Balaban J connectivity index is 2.32. The number of amides is 1. The van der Waals surface area contributed by atoms with Crippen molar-refractivity contribution in [2.75, 3.05) is 6.54 Å². The summed E-state index contributed by atoms with van der Waals surface area (Å²) >= 11 is 0. The average molecular weight is 179 g/mol. The molecule has 1 saturated heterocycles. The molecule has 0 bridgehead atoms. The van der Waals surface area contributed by atoms with Crippen LogP contribution in [0.2, 0.25) is 0 Å². The average Bonchev–Trinajstić information content (AvgIpc) is 2.45. The molecule has 2 nitrogen and oxygen atoms in total. The van der Waals surface area contributed by atoms with Gasteiger partial charge in [-0.25, -0.2) is 0 Å². The van der Waals surface area contributed by atoms with Crippen LogP contribution in [0.25, 0.3) is 0 Å². The molecule has 1 aliphatic heterocycles. The maximum Gasteiger partial charge on any atom is 0.227 e. The van der Waals surface area contributed by atoms with Gasteiger partial charge in [0.15, 0.2) is 0 Å². The molecule has 0 saturated carbocycles. The first-order valence-corrected chi connectivity index (χ1v) is 5.07. The summed E-state index contributed by atoms with van der Waals surface area (Å²) < 4.78 is 0. The maximum atomic E-state index is 11.5. The van der Waals surface area contributed by atoms with Gasteiger partial charge < -0.3 is 5.32 Å². The summed E-state index contributed by atoms with van der Waals surface area (Å²) in [6.45, 7) is 7.54. The molecule has 13 heavy (non-hydrogen) atoms. The molecule has 1 fully saturated rings. The summed E-state index contributed by atoms with van der Waals surface area (Å²) in [6.07, 6.45) is 2.16. The smallest absolute Gasteiger partial charge is 0.227 e. The van der Waals surface area contributed by atoms with Crippen molar-refractivity contribution in [2.45, 2.75) is 20.8 Å². The van der Waals surface area contributed by atoms with E-state index < -0.39 is 0 Å². The first-order valence-electron chi connectivity index (χ1n) is 5.07. The lowest BCUT2D eigenvalue weighted by Crippen LogP contribution is -2.30. The third-order valence-electron chi connectivity index (χ3n) is 3.90. The summed E-state index contributed by atoms with van der Waals surface area (Å²) in [7, 11) is 0. The Bertz CT molecular complexity index is 269. The van der Waals surface area contributed by atoms with Gasteiger partial charge in [0.25, 0.3) is 0 Å². The van der Waals surface area contributed by atoms with E-state index in [1.807, 2.05) is 0 Å². The molecule has 0 aromatic rings. The number of fused-ring (bicyclic) bond motifs is 1. The molecule has 2 rings (SSSR count). The van der Waals surface area contributed by atoms with Crippen molar-refractivity contribution in [3.63, 3.8) is 0 Å². The molecule has 1 amide bonds. The van der Waals surface area contributed by atoms with Gasteiger partial charge in [-0.2, -0.15) is 0 Å². The Morgan fingerprint density at radius 2 is 2.15 bits per heavy atom. The van der Waals surface area contributed by atoms with Gasteiger partial charge in [0.05, 0.1) is 5.92 Å². The highest BCUT2D eigenvalue weighted by Crippen LogP contribution is 2.39. The van der Waals surface area contributed by atoms with E-state index >= 15 is 0 Å². The Morgan fingerprint density at radius 3 is 2.85 bits per heavy atom. The van der Waals surface area contributed by atoms with E-state index in [9.17, 15) is 4.79 Å². The van der Waals surface area contributed by atoms with E-state index in [0.29, 0.717) is 17.8 Å². The first-order chi connectivity index (χ1) is 6.11. The molecule has 0 radical (unpaired) electrons. The van der Waals surface area contributed by atoms with Crippen molar-refractivity contribution >= 4 is 5.91 Å². The second kappa shape index (κ2) is 2.86. The Morgan fingerprint density at radius 1 is 1.46 bits per heavy atom. The van der Waals surface area contributed by atoms with Gasteiger partial charge in [0, 0.05) is 6.54 Å². The Labute approximate surface area is 79.4 Å². The van der Waals surface area contributed by atoms with E-state index in [1.165, 1.54) is 5.57 Å². The van der Waals surface area contributed by atoms with E-state index in [4.69, 9.17) is 0 Å². The highest BCUT2D eigenvalue weighted by Gasteiger charge is 2.41. The summed E-state index contributed by atoms with van der Waals surface area (Å²) in [5.74, 6) is 2.18. The van der Waals surface area contributed by atoms with Gasteiger partial charge >= 0.3 is 0 Å². The number of carbonyl (C=O) groups is 1. The second-order valence-electron chi connectivity index (χ2n) is 4.49. The van der Waals surface area contributed by atoms with Crippen LogP contribution in [0.15, 0.2) is 11.6 Å². The quantitative estimate of drug-likeness (QED) is 0.562. The van der Waals surface area contributed by atoms with Crippen LogP contribution in [-0.2, 0) is 4.79 Å². The van der Waals surface area contributed by atoms with Crippen LogP contribution in [0.4, 0.5) is 0 Å². The molecular weight excluding hydrogens is 162 g/mol. The summed E-state index contributed by atoms with van der Waals surface area (Å²) in [5.41, 5.74) is 1.38. The predicted molar refractivity (Wildman–Crippen MR) is 52.1 cm³/mol. The summed E-state index contributed by atoms with van der Waals surface area (Å²) in [4.78, 5) is 11.5. The largest absolute Gasteiger partial charge is 0.355 e. The van der Waals surface area contributed by atoms with Gasteiger partial charge in [0.2, 0.25) is 5.91 Å². The van der Waals surface area contributed by atoms with Crippen molar-refractivity contribution in [1.29, 1.82) is 0 Å². The molecule has 0 aromatic carbocycles. The summed E-state index contributed by atoms with van der Waals surface area (Å²) in [5, 5.41) is 2.95. The molecule has 4 atom stereocenters. The van der Waals surface area contributed by atoms with Gasteiger partial charge in [-0.3, -0.25) is 4.79 Å². The fourth-order valence-corrected chi connectivity index (χ4v) is 2.59. The molecule has 2 aliphatic rings. The standard InChI is InChI=1S/C11H17NO/c1-6-4-9-10(5-12-11(9)13)8(3)7(6)2/h4,7-10H,5H2,1-3H3,(H,12,13)/t7-,8+,9-,10+/m1/s1. The zero-order valence-electron chi connectivity index (χ0n) is 8.50. The van der Waals surface area contributed by atoms with Crippen molar-refractivity contribution in [1.82, 2.24) is 5.32 Å². The highest BCUT2D eigenvalue weighted by atomic mass is 16.2. The number of rotatable bonds is 0. The van der Waals surface area contributed by atoms with Crippen LogP contribution in [0.1, 0.15) is 20.8 Å². The Kier molecular flexibility index (Phi) is 1.94. The fraction of sp³-hybridized carbons (Fsp3) is 0.727. The lowest BCUT2D eigenvalue weighted by molar-refractivity contribution is -0.122. The number of allylic oxidation sites excluding steroid dienone is 1. The van der Waals surface area contributed by atoms with Crippen molar-refractivity contribution in [2.24, 2.45) is 23.7 Å². The van der Waals surface area contributed by atoms with Crippen molar-refractivity contribution in [3.8, 4) is 0 Å². The van der Waals surface area contributed by atoms with E-state index in [-0.39, 0.29) is 11.8 Å². The minimum atomic E-state index is 0.159. The zero-order chi connectivity index (χ0) is 9.59. The van der Waals surface area contributed by atoms with Crippen LogP contribution in [0.5, 0.6) is 0 Å². The van der Waals surface area contributed by atoms with E-state index in [2.05, 4.69) is 32.2 Å². The minimum Gasteiger partial charge on any atom is -0.355 e. The van der Waals surface area contributed by atoms with Gasteiger partial charge in [0.1, 0.15) is 0 Å². The number of hydrogen-bond donors (Lipinski definition) is 1. The summed E-state index contributed by atoms with van der Waals surface area (Å²) in [6, 6.07) is 0. The molecular formula is C11H17NO. The van der Waals surface area contributed by atoms with Crippen LogP contribution < -0.4 is 5.32 Å². The Hall–Kier alpha value is -0.790. The molecule has 1 N–H and O–H groups in total. The monoisotopic (exact) mass is 179 g/mol. The molecule has 2 heteroatoms. The molecule has 0 spiro atoms. The SMILES string of the molecule is CC1=C[C@H]2C(=O)NC[C@H]2[C@@H](C)[C@@H]1C. The van der Waals surface area contributed by atoms with Crippen molar-refractivity contribution in [3.05, 3.63) is 11.6 Å². The predicted octanol–water partition coefficient (Wildman–Crippen LogP) is 1.58. The molecule has 72 valence electrons. The van der Waals surface area contributed by atoms with Crippen LogP contribution in [0, 0.1) is 23.7 Å². The maximum absolute atomic E-state index is 11.5. The number of hydrogen-bond acceptors (Lipinski definition) is 1. The minimum absolute atomic E-state index is 0.159. The van der Waals surface area contributed by atoms with Crippen LogP contribution in [-0.4, -0.2) is 12.5 Å². The van der Waals surface area contributed by atoms with Crippen molar-refractivity contribution < 1.29 is 4.79 Å². The van der Waals surface area contributed by atoms with Gasteiger partial charge in [-0.15, -0.1) is 0 Å². The first kappa shape index (κ1) is 8.79. The van der Waals surface area contributed by atoms with E-state index in [0.717, 1.165) is 6.54 Å². The third-order valence-corrected chi connectivity index (χ3v) is 3.90. The highest BCUT2D eigenvalue weighted by molar-refractivity contribution is 5.83. The fourth-order valence-electron chi connectivity index (χ4n) is 2.59. The number of carbonyl (C=O) groups excluding carboxylic acids is 1. The van der Waals surface area contributed by atoms with Gasteiger partial charge in [-0.1, -0.05) is 25.5 Å². The zero-order valence-corrected chi connectivity index (χ0v) is 8.50. The molecule has 0 aromatic heterocycles. The van der Waals surface area contributed by atoms with Crippen LogP contribution in [0.3, 0.4) is 0 Å². The van der Waals surface area contributed by atoms with Crippen LogP contribution >= 0.6 is 0 Å². The lowest BCUT2D eigenvalue weighted by Gasteiger charge is -2.33. The molecule has 0 unspecified atom stereocenters. The third kappa shape index (κ3) is 1.19. The molecule has 1 heterocycles. The number of nitrogens with one attached hydrogen (secondary N) is 1. The molecule has 1 aliphatic carbocycles. The topological polar surface area (TPSA) is 29.1 Å². The normalized spacial score (nSPS) is 43.9. The van der Waals surface area contributed by atoms with E-state index in [1.54, 1.807) is 0 Å². The second-order valence-corrected chi connectivity index (χ2v) is 4.49. The lowest BCUT2D eigenvalue weighted by atomic mass is 9.70.